The smallest absolute Gasteiger partial charge is 0.422 e. The van der Waals surface area contributed by atoms with E-state index in [1.165, 1.54) is 6.07 Å². The summed E-state index contributed by atoms with van der Waals surface area (Å²) in [4.78, 5) is 27.7. The van der Waals surface area contributed by atoms with Crippen molar-refractivity contribution >= 4 is 11.8 Å². The molecule has 202 valence electrons. The number of nitrogens with one attached hydrogen (secondary N) is 1. The summed E-state index contributed by atoms with van der Waals surface area (Å²) in [5, 5.41) is 2.94. The fourth-order valence-corrected chi connectivity index (χ4v) is 3.65. The summed E-state index contributed by atoms with van der Waals surface area (Å²) < 4.78 is 88.5. The first kappa shape index (κ1) is 28.4. The van der Waals surface area contributed by atoms with Crippen LogP contribution in [0.5, 0.6) is 5.88 Å². The van der Waals surface area contributed by atoms with Crippen molar-refractivity contribution in [3.63, 3.8) is 0 Å². The van der Waals surface area contributed by atoms with Crippen LogP contribution in [0, 0.1) is 5.92 Å². The summed E-state index contributed by atoms with van der Waals surface area (Å²) in [7, 11) is 0. The van der Waals surface area contributed by atoms with Gasteiger partial charge in [0.15, 0.2) is 6.61 Å². The van der Waals surface area contributed by atoms with Gasteiger partial charge >= 0.3 is 18.3 Å². The fourth-order valence-electron chi connectivity index (χ4n) is 3.65. The monoisotopic (exact) mass is 532 g/mol. The topological polar surface area (TPSA) is 77.5 Å². The molecule has 0 aliphatic heterocycles. The Morgan fingerprint density at radius 3 is 2.43 bits per heavy atom. The van der Waals surface area contributed by atoms with E-state index in [0.29, 0.717) is 0 Å². The number of pyridine rings is 1. The highest BCUT2D eigenvalue weighted by molar-refractivity contribution is 5.83. The number of hydrogen-bond acceptors (Lipinski definition) is 6. The van der Waals surface area contributed by atoms with E-state index in [9.17, 15) is 35.9 Å². The molecule has 0 spiro atoms. The zero-order valence-corrected chi connectivity index (χ0v) is 20.0. The Balaban J connectivity index is 1.96. The molecule has 0 unspecified atom stereocenters. The van der Waals surface area contributed by atoms with Crippen molar-refractivity contribution in [1.82, 2.24) is 10.3 Å². The minimum Gasteiger partial charge on any atom is -0.468 e. The van der Waals surface area contributed by atoms with E-state index in [0.717, 1.165) is 37.2 Å². The van der Waals surface area contributed by atoms with E-state index in [1.54, 1.807) is 6.92 Å². The third-order valence-electron chi connectivity index (χ3n) is 5.55. The van der Waals surface area contributed by atoms with Crippen LogP contribution in [0.15, 0.2) is 30.5 Å². The fraction of sp³-hybridized carbons (Fsp3) is 0.480. The first-order chi connectivity index (χ1) is 17.4. The van der Waals surface area contributed by atoms with Crippen LogP contribution in [0.1, 0.15) is 42.9 Å². The van der Waals surface area contributed by atoms with Gasteiger partial charge in [-0.25, -0.2) is 4.98 Å². The molecule has 1 fully saturated rings. The summed E-state index contributed by atoms with van der Waals surface area (Å²) >= 11 is 0. The molecule has 1 saturated carbocycles. The number of hydrogen-bond donors (Lipinski definition) is 1. The second-order valence-corrected chi connectivity index (χ2v) is 8.62. The molecule has 0 bridgehead atoms. The van der Waals surface area contributed by atoms with E-state index in [4.69, 9.17) is 9.47 Å². The lowest BCUT2D eigenvalue weighted by atomic mass is 9.96. The van der Waals surface area contributed by atoms with Crippen LogP contribution in [0.2, 0.25) is 0 Å². The van der Waals surface area contributed by atoms with Crippen LogP contribution in [0.25, 0.3) is 11.1 Å². The van der Waals surface area contributed by atoms with Crippen molar-refractivity contribution in [2.75, 3.05) is 19.8 Å². The van der Waals surface area contributed by atoms with Crippen molar-refractivity contribution in [1.29, 1.82) is 0 Å². The number of halogens is 6. The van der Waals surface area contributed by atoms with Crippen molar-refractivity contribution in [2.45, 2.75) is 51.5 Å². The SMILES string of the molecule is CCOC(=O)Cc1cnc(OCC(F)(F)F)c(-c2ccc(C(F)(F)F)cc2CNCCC(=O)C2CC2)c1. The van der Waals surface area contributed by atoms with Gasteiger partial charge in [0.05, 0.1) is 18.6 Å². The maximum absolute atomic E-state index is 13.4. The molecule has 0 saturated heterocycles. The van der Waals surface area contributed by atoms with Crippen LogP contribution in [-0.4, -0.2) is 42.7 Å². The van der Waals surface area contributed by atoms with Gasteiger partial charge in [-0.3, -0.25) is 9.59 Å². The number of aromatic nitrogens is 1. The largest absolute Gasteiger partial charge is 0.468 e. The van der Waals surface area contributed by atoms with Crippen molar-refractivity contribution in [3.8, 4) is 17.0 Å². The highest BCUT2D eigenvalue weighted by Crippen LogP contribution is 2.37. The molecule has 1 N–H and O–H groups in total. The van der Waals surface area contributed by atoms with Crippen LogP contribution < -0.4 is 10.1 Å². The zero-order chi connectivity index (χ0) is 27.2. The molecule has 1 aliphatic carbocycles. The number of Topliss-reactive ketones (excluding diaryl/α,β-unsaturated/α-hetero) is 1. The summed E-state index contributed by atoms with van der Waals surface area (Å²) in [6, 6.07) is 4.16. The maximum atomic E-state index is 13.4. The minimum absolute atomic E-state index is 0.00868. The number of alkyl halides is 6. The highest BCUT2D eigenvalue weighted by Gasteiger charge is 2.32. The molecular formula is C25H26F6N2O4. The van der Waals surface area contributed by atoms with Gasteiger partial charge in [0, 0.05) is 37.2 Å². The quantitative estimate of drug-likeness (QED) is 0.228. The van der Waals surface area contributed by atoms with E-state index >= 15 is 0 Å². The second-order valence-electron chi connectivity index (χ2n) is 8.62. The van der Waals surface area contributed by atoms with Crippen LogP contribution in [-0.2, 0) is 33.5 Å². The molecule has 0 atom stereocenters. The first-order valence-electron chi connectivity index (χ1n) is 11.7. The van der Waals surface area contributed by atoms with E-state index in [2.05, 4.69) is 10.3 Å². The zero-order valence-electron chi connectivity index (χ0n) is 20.0. The Morgan fingerprint density at radius 1 is 1.08 bits per heavy atom. The normalized spacial score (nSPS) is 13.9. The molecule has 12 heteroatoms. The lowest BCUT2D eigenvalue weighted by Crippen LogP contribution is -2.21. The lowest BCUT2D eigenvalue weighted by molar-refractivity contribution is -0.154. The van der Waals surface area contributed by atoms with Gasteiger partial charge in [-0.15, -0.1) is 0 Å². The van der Waals surface area contributed by atoms with E-state index in [1.807, 2.05) is 0 Å². The molecule has 0 radical (unpaired) electrons. The second kappa shape index (κ2) is 11.9. The average Bonchev–Trinajstić information content (AvgIpc) is 3.65. The van der Waals surface area contributed by atoms with Gasteiger partial charge in [0.25, 0.3) is 0 Å². The molecule has 1 heterocycles. The van der Waals surface area contributed by atoms with E-state index < -0.39 is 36.4 Å². The Kier molecular flexibility index (Phi) is 9.16. The molecule has 6 nitrogen and oxygen atoms in total. The van der Waals surface area contributed by atoms with Gasteiger partial charge < -0.3 is 14.8 Å². The first-order valence-corrected chi connectivity index (χ1v) is 11.7. The van der Waals surface area contributed by atoms with Gasteiger partial charge in [-0.1, -0.05) is 6.07 Å². The van der Waals surface area contributed by atoms with Crippen LogP contribution >= 0.6 is 0 Å². The summed E-state index contributed by atoms with van der Waals surface area (Å²) in [6.45, 7) is 0.183. The average molecular weight is 532 g/mol. The summed E-state index contributed by atoms with van der Waals surface area (Å²) in [5.74, 6) is -0.924. The Bertz CT molecular complexity index is 1110. The maximum Gasteiger partial charge on any atom is 0.422 e. The third-order valence-corrected chi connectivity index (χ3v) is 5.55. The number of esters is 1. The number of rotatable bonds is 12. The minimum atomic E-state index is -4.68. The predicted molar refractivity (Wildman–Crippen MR) is 121 cm³/mol. The van der Waals surface area contributed by atoms with Crippen LogP contribution in [0.3, 0.4) is 0 Å². The molecule has 2 aromatic rings. The number of nitrogens with zero attached hydrogens (tertiary/aromatic N) is 1. The van der Waals surface area contributed by atoms with Gasteiger partial charge in [-0.05, 0) is 54.7 Å². The summed E-state index contributed by atoms with van der Waals surface area (Å²) in [6.07, 6.45) is -6.53. The van der Waals surface area contributed by atoms with Crippen molar-refractivity contribution in [3.05, 3.63) is 47.2 Å². The van der Waals surface area contributed by atoms with Gasteiger partial charge in [-0.2, -0.15) is 26.3 Å². The van der Waals surface area contributed by atoms with Crippen molar-refractivity contribution < 1.29 is 45.4 Å². The Hall–Kier alpha value is -3.15. The number of carbonyl (C=O) groups excluding carboxylic acids is 2. The molecular weight excluding hydrogens is 506 g/mol. The molecule has 3 rings (SSSR count). The van der Waals surface area contributed by atoms with Crippen LogP contribution in [0.4, 0.5) is 26.3 Å². The van der Waals surface area contributed by atoms with Crippen molar-refractivity contribution in [2.24, 2.45) is 5.92 Å². The molecule has 0 amide bonds. The number of ketones is 1. The van der Waals surface area contributed by atoms with Gasteiger partial charge in [0.1, 0.15) is 5.78 Å². The summed E-state index contributed by atoms with van der Waals surface area (Å²) in [5.41, 5.74) is -0.423. The predicted octanol–water partition coefficient (Wildman–Crippen LogP) is 5.27. The number of carbonyl (C=O) groups is 2. The number of ether oxygens (including phenoxy) is 2. The Morgan fingerprint density at radius 2 is 1.81 bits per heavy atom. The molecule has 1 aliphatic rings. The highest BCUT2D eigenvalue weighted by atomic mass is 19.4. The molecule has 1 aromatic heterocycles. The van der Waals surface area contributed by atoms with E-state index in [-0.39, 0.29) is 66.5 Å². The standard InChI is InChI=1S/C25H26F6N2O4/c1-2-36-22(35)10-15-9-20(23(33-12-15)37-14-24(26,27)28)19-6-5-18(25(29,30)31)11-17(19)13-32-8-7-21(34)16-3-4-16/h5-6,9,11-12,16,32H,2-4,7-8,10,13-14H2,1H3. The lowest BCUT2D eigenvalue weighted by Gasteiger charge is -2.18. The molecule has 37 heavy (non-hydrogen) atoms. The van der Waals surface area contributed by atoms with Gasteiger partial charge in [0.2, 0.25) is 5.88 Å². The third kappa shape index (κ3) is 8.73. The number of benzene rings is 1. The molecule has 1 aromatic carbocycles. The Labute approximate surface area is 209 Å².